The van der Waals surface area contributed by atoms with E-state index < -0.39 is 0 Å². The first-order chi connectivity index (χ1) is 8.88. The predicted octanol–water partition coefficient (Wildman–Crippen LogP) is 2.18. The normalized spacial score (nSPS) is 32.7. The minimum atomic E-state index is 0.309. The van der Waals surface area contributed by atoms with Crippen LogP contribution in [0.4, 0.5) is 0 Å². The Morgan fingerprint density at radius 1 is 1.00 bits per heavy atom. The van der Waals surface area contributed by atoms with Crippen LogP contribution in [0.1, 0.15) is 47.5 Å². The third-order valence-electron chi connectivity index (χ3n) is 4.98. The summed E-state index contributed by atoms with van der Waals surface area (Å²) in [5.41, 5.74) is 0.309. The Balaban J connectivity index is 1.91. The summed E-state index contributed by atoms with van der Waals surface area (Å²) in [5.74, 6) is 0.910. The molecular weight excluding hydrogens is 234 g/mol. The van der Waals surface area contributed by atoms with Gasteiger partial charge in [0.1, 0.15) is 0 Å². The highest BCUT2D eigenvalue weighted by Crippen LogP contribution is 2.25. The molecule has 0 radical (unpaired) electrons. The SMILES string of the molecule is CC1CN(C(C)(C)C)CC(C)N1CC1CCNCC1. The summed E-state index contributed by atoms with van der Waals surface area (Å²) < 4.78 is 0. The van der Waals surface area contributed by atoms with Gasteiger partial charge in [0, 0.05) is 37.3 Å². The summed E-state index contributed by atoms with van der Waals surface area (Å²) >= 11 is 0. The molecule has 2 saturated heterocycles. The molecule has 2 aliphatic heterocycles. The molecule has 3 heteroatoms. The quantitative estimate of drug-likeness (QED) is 0.827. The third kappa shape index (κ3) is 3.93. The summed E-state index contributed by atoms with van der Waals surface area (Å²) in [6, 6.07) is 1.38. The highest BCUT2D eigenvalue weighted by atomic mass is 15.3. The highest BCUT2D eigenvalue weighted by Gasteiger charge is 2.35. The van der Waals surface area contributed by atoms with E-state index in [0.29, 0.717) is 17.6 Å². The van der Waals surface area contributed by atoms with Crippen molar-refractivity contribution in [1.82, 2.24) is 15.1 Å². The minimum Gasteiger partial charge on any atom is -0.317 e. The van der Waals surface area contributed by atoms with Gasteiger partial charge < -0.3 is 5.32 Å². The van der Waals surface area contributed by atoms with Crippen molar-refractivity contribution in [2.45, 2.75) is 65.1 Å². The molecule has 0 aromatic rings. The zero-order valence-corrected chi connectivity index (χ0v) is 13.6. The fourth-order valence-electron chi connectivity index (χ4n) is 3.63. The number of piperidine rings is 1. The number of nitrogens with one attached hydrogen (secondary N) is 1. The van der Waals surface area contributed by atoms with Crippen molar-refractivity contribution in [3.63, 3.8) is 0 Å². The summed E-state index contributed by atoms with van der Waals surface area (Å²) in [6.07, 6.45) is 2.72. The summed E-state index contributed by atoms with van der Waals surface area (Å²) in [6.45, 7) is 18.0. The number of rotatable bonds is 2. The Morgan fingerprint density at radius 3 is 2.00 bits per heavy atom. The van der Waals surface area contributed by atoms with E-state index in [1.54, 1.807) is 0 Å². The third-order valence-corrected chi connectivity index (χ3v) is 4.98. The maximum atomic E-state index is 3.47. The fraction of sp³-hybridized carbons (Fsp3) is 1.00. The second-order valence-corrected chi connectivity index (χ2v) is 7.66. The monoisotopic (exact) mass is 267 g/mol. The molecule has 0 spiro atoms. The van der Waals surface area contributed by atoms with Crippen molar-refractivity contribution < 1.29 is 0 Å². The zero-order chi connectivity index (χ0) is 14.0. The molecule has 3 nitrogen and oxygen atoms in total. The van der Waals surface area contributed by atoms with E-state index in [2.05, 4.69) is 49.7 Å². The van der Waals surface area contributed by atoms with Crippen LogP contribution in [-0.4, -0.2) is 60.1 Å². The average Bonchev–Trinajstić information content (AvgIpc) is 2.33. The van der Waals surface area contributed by atoms with E-state index in [4.69, 9.17) is 0 Å². The lowest BCUT2D eigenvalue weighted by Gasteiger charge is -2.50. The molecule has 0 aromatic heterocycles. The highest BCUT2D eigenvalue weighted by molar-refractivity contribution is 4.91. The Hall–Kier alpha value is -0.120. The molecule has 2 heterocycles. The van der Waals surface area contributed by atoms with E-state index in [0.717, 1.165) is 5.92 Å². The standard InChI is InChI=1S/C16H33N3/c1-13-10-18(16(3,4)5)11-14(2)19(13)12-15-6-8-17-9-7-15/h13-15,17H,6-12H2,1-5H3. The molecule has 0 aliphatic carbocycles. The molecule has 2 unspecified atom stereocenters. The first-order valence-corrected chi connectivity index (χ1v) is 8.09. The van der Waals surface area contributed by atoms with E-state index in [9.17, 15) is 0 Å². The lowest BCUT2D eigenvalue weighted by atomic mass is 9.94. The van der Waals surface area contributed by atoms with Crippen LogP contribution in [-0.2, 0) is 0 Å². The molecule has 0 aromatic carbocycles. The first-order valence-electron chi connectivity index (χ1n) is 8.09. The molecule has 2 atom stereocenters. The summed E-state index contributed by atoms with van der Waals surface area (Å²) in [4.78, 5) is 5.42. The summed E-state index contributed by atoms with van der Waals surface area (Å²) in [7, 11) is 0. The van der Waals surface area contributed by atoms with Crippen LogP contribution >= 0.6 is 0 Å². The van der Waals surface area contributed by atoms with Crippen LogP contribution in [0, 0.1) is 5.92 Å². The number of hydrogen-bond acceptors (Lipinski definition) is 3. The maximum absolute atomic E-state index is 3.47. The van der Waals surface area contributed by atoms with E-state index in [-0.39, 0.29) is 0 Å². The van der Waals surface area contributed by atoms with Gasteiger partial charge in [-0.2, -0.15) is 0 Å². The van der Waals surface area contributed by atoms with Gasteiger partial charge in [0.2, 0.25) is 0 Å². The van der Waals surface area contributed by atoms with Gasteiger partial charge >= 0.3 is 0 Å². The van der Waals surface area contributed by atoms with E-state index >= 15 is 0 Å². The second-order valence-electron chi connectivity index (χ2n) is 7.66. The first kappa shape index (κ1) is 15.3. The van der Waals surface area contributed by atoms with Crippen molar-refractivity contribution in [3.05, 3.63) is 0 Å². The lowest BCUT2D eigenvalue weighted by Crippen LogP contribution is -2.61. The Kier molecular flexibility index (Phi) is 4.91. The van der Waals surface area contributed by atoms with Gasteiger partial charge in [-0.15, -0.1) is 0 Å². The lowest BCUT2D eigenvalue weighted by molar-refractivity contribution is -0.0147. The molecule has 0 bridgehead atoms. The van der Waals surface area contributed by atoms with Gasteiger partial charge in [0.05, 0.1) is 0 Å². The smallest absolute Gasteiger partial charge is 0.0198 e. The van der Waals surface area contributed by atoms with Crippen molar-refractivity contribution in [2.75, 3.05) is 32.7 Å². The van der Waals surface area contributed by atoms with Crippen LogP contribution in [0.3, 0.4) is 0 Å². The maximum Gasteiger partial charge on any atom is 0.0198 e. The Morgan fingerprint density at radius 2 is 1.53 bits per heavy atom. The largest absolute Gasteiger partial charge is 0.317 e. The molecule has 19 heavy (non-hydrogen) atoms. The van der Waals surface area contributed by atoms with Crippen molar-refractivity contribution in [1.29, 1.82) is 0 Å². The van der Waals surface area contributed by atoms with Gasteiger partial charge in [0.25, 0.3) is 0 Å². The van der Waals surface area contributed by atoms with E-state index in [1.165, 1.54) is 45.6 Å². The van der Waals surface area contributed by atoms with Crippen LogP contribution in [0.5, 0.6) is 0 Å². The van der Waals surface area contributed by atoms with Crippen LogP contribution in [0.2, 0.25) is 0 Å². The van der Waals surface area contributed by atoms with E-state index in [1.807, 2.05) is 0 Å². The molecule has 1 N–H and O–H groups in total. The Bertz CT molecular complexity index is 266. The van der Waals surface area contributed by atoms with Crippen LogP contribution in [0.25, 0.3) is 0 Å². The minimum absolute atomic E-state index is 0.309. The van der Waals surface area contributed by atoms with Crippen LogP contribution < -0.4 is 5.32 Å². The second kappa shape index (κ2) is 6.11. The zero-order valence-electron chi connectivity index (χ0n) is 13.6. The number of hydrogen-bond donors (Lipinski definition) is 1. The van der Waals surface area contributed by atoms with Gasteiger partial charge in [-0.25, -0.2) is 0 Å². The molecule has 112 valence electrons. The van der Waals surface area contributed by atoms with Gasteiger partial charge in [-0.3, -0.25) is 9.80 Å². The molecule has 0 amide bonds. The molecule has 2 rings (SSSR count). The molecular formula is C16H33N3. The Labute approximate surface area is 119 Å². The molecule has 2 aliphatic rings. The number of piperazine rings is 1. The van der Waals surface area contributed by atoms with Crippen molar-refractivity contribution in [2.24, 2.45) is 5.92 Å². The fourth-order valence-corrected chi connectivity index (χ4v) is 3.63. The predicted molar refractivity (Wildman–Crippen MR) is 82.5 cm³/mol. The summed E-state index contributed by atoms with van der Waals surface area (Å²) in [5, 5.41) is 3.47. The number of nitrogens with zero attached hydrogens (tertiary/aromatic N) is 2. The van der Waals surface area contributed by atoms with Gasteiger partial charge in [-0.1, -0.05) is 0 Å². The van der Waals surface area contributed by atoms with Crippen molar-refractivity contribution in [3.8, 4) is 0 Å². The van der Waals surface area contributed by atoms with Crippen molar-refractivity contribution >= 4 is 0 Å². The van der Waals surface area contributed by atoms with Gasteiger partial charge in [-0.05, 0) is 66.5 Å². The molecule has 0 saturated carbocycles. The molecule has 2 fully saturated rings. The topological polar surface area (TPSA) is 18.5 Å². The van der Waals surface area contributed by atoms with Gasteiger partial charge in [0.15, 0.2) is 0 Å². The van der Waals surface area contributed by atoms with Crippen LogP contribution in [0.15, 0.2) is 0 Å². The average molecular weight is 267 g/mol.